The number of aryl methyl sites for hydroxylation is 1. The normalized spacial score (nSPS) is 12.1. The zero-order valence-corrected chi connectivity index (χ0v) is 19.0. The summed E-state index contributed by atoms with van der Waals surface area (Å²) in [5, 5.41) is 3.16. The molecule has 9 heteroatoms. The highest BCUT2D eigenvalue weighted by atomic mass is 32.1. The molecule has 0 saturated heterocycles. The topological polar surface area (TPSA) is 100 Å². The summed E-state index contributed by atoms with van der Waals surface area (Å²) in [6, 6.07) is 7.15. The van der Waals surface area contributed by atoms with Crippen LogP contribution < -0.4 is 14.8 Å². The molecular weight excluding hydrogens is 434 g/mol. The van der Waals surface area contributed by atoms with Gasteiger partial charge in [0.05, 0.1) is 25.9 Å². The monoisotopic (exact) mass is 461 g/mol. The van der Waals surface area contributed by atoms with E-state index in [2.05, 4.69) is 5.32 Å². The molecule has 1 heterocycles. The second kappa shape index (κ2) is 11.5. The fraction of sp³-hybridized carbons (Fsp3) is 0.435. The van der Waals surface area contributed by atoms with Crippen LogP contribution in [0.15, 0.2) is 24.3 Å². The maximum Gasteiger partial charge on any atom is 0.341 e. The van der Waals surface area contributed by atoms with E-state index in [-0.39, 0.29) is 13.0 Å². The summed E-state index contributed by atoms with van der Waals surface area (Å²) in [5.74, 6) is 0.00617. The number of amides is 1. The number of hydrogen-bond donors (Lipinski definition) is 1. The number of thiophene rings is 1. The van der Waals surface area contributed by atoms with Crippen molar-refractivity contribution in [2.45, 2.75) is 39.0 Å². The molecule has 1 aliphatic rings. The summed E-state index contributed by atoms with van der Waals surface area (Å²) >= 11 is 1.38. The van der Waals surface area contributed by atoms with Crippen molar-refractivity contribution in [3.8, 4) is 11.5 Å². The van der Waals surface area contributed by atoms with Crippen LogP contribution in [0, 0.1) is 0 Å². The molecule has 32 heavy (non-hydrogen) atoms. The van der Waals surface area contributed by atoms with Gasteiger partial charge >= 0.3 is 11.9 Å². The second-order valence-corrected chi connectivity index (χ2v) is 8.22. The predicted molar refractivity (Wildman–Crippen MR) is 120 cm³/mol. The second-order valence-electron chi connectivity index (χ2n) is 7.12. The number of nitrogens with one attached hydrogen (secondary N) is 1. The van der Waals surface area contributed by atoms with Crippen molar-refractivity contribution in [3.05, 3.63) is 40.3 Å². The highest BCUT2D eigenvalue weighted by molar-refractivity contribution is 7.17. The van der Waals surface area contributed by atoms with Crippen LogP contribution in [0.1, 0.15) is 47.0 Å². The Morgan fingerprint density at radius 3 is 2.53 bits per heavy atom. The summed E-state index contributed by atoms with van der Waals surface area (Å²) in [6.07, 6.45) is 3.25. The Kier molecular flexibility index (Phi) is 8.49. The number of anilines is 1. The molecule has 8 nitrogen and oxygen atoms in total. The van der Waals surface area contributed by atoms with Crippen LogP contribution in [-0.4, -0.2) is 44.8 Å². The number of benzene rings is 1. The molecule has 0 spiro atoms. The van der Waals surface area contributed by atoms with Crippen LogP contribution in [0.25, 0.3) is 0 Å². The first-order valence-corrected chi connectivity index (χ1v) is 11.4. The van der Waals surface area contributed by atoms with Crippen molar-refractivity contribution in [1.29, 1.82) is 0 Å². The molecule has 0 bridgehead atoms. The van der Waals surface area contributed by atoms with Crippen molar-refractivity contribution in [2.24, 2.45) is 0 Å². The number of ether oxygens (including phenoxy) is 4. The Balaban J connectivity index is 1.41. The van der Waals surface area contributed by atoms with E-state index in [0.29, 0.717) is 29.3 Å². The van der Waals surface area contributed by atoms with Crippen molar-refractivity contribution in [3.63, 3.8) is 0 Å². The van der Waals surface area contributed by atoms with Gasteiger partial charge in [0.2, 0.25) is 0 Å². The van der Waals surface area contributed by atoms with Crippen molar-refractivity contribution in [1.82, 2.24) is 0 Å². The van der Waals surface area contributed by atoms with Gasteiger partial charge in [-0.05, 0) is 62.4 Å². The number of methoxy groups -OCH3 is 1. The van der Waals surface area contributed by atoms with Crippen molar-refractivity contribution in [2.75, 3.05) is 32.2 Å². The molecule has 0 fully saturated rings. The third-order valence-electron chi connectivity index (χ3n) is 4.87. The molecule has 0 radical (unpaired) electrons. The molecular formula is C23H27NO7S. The molecule has 2 aromatic rings. The first-order valence-electron chi connectivity index (χ1n) is 10.6. The van der Waals surface area contributed by atoms with Gasteiger partial charge in [0.25, 0.3) is 5.91 Å². The van der Waals surface area contributed by atoms with Crippen molar-refractivity contribution < 1.29 is 33.3 Å². The van der Waals surface area contributed by atoms with Gasteiger partial charge in [0.1, 0.15) is 16.5 Å². The van der Waals surface area contributed by atoms with Gasteiger partial charge in [-0.25, -0.2) is 4.79 Å². The minimum absolute atomic E-state index is 0.130. The molecule has 0 atom stereocenters. The maximum absolute atomic E-state index is 12.3. The fourth-order valence-electron chi connectivity index (χ4n) is 3.37. The largest absolute Gasteiger partial charge is 0.497 e. The number of carbonyl (C=O) groups is 3. The Morgan fingerprint density at radius 1 is 1.06 bits per heavy atom. The molecule has 1 aromatic carbocycles. The van der Waals surface area contributed by atoms with Gasteiger partial charge in [-0.1, -0.05) is 0 Å². The Bertz CT molecular complexity index is 952. The van der Waals surface area contributed by atoms with Crippen LogP contribution in [0.5, 0.6) is 11.5 Å². The SMILES string of the molecule is CCOC(=O)c1c(NC(=O)COC(=O)CCCOc2ccc(OC)cc2)sc2c1CCC2. The molecule has 0 unspecified atom stereocenters. The van der Waals surface area contributed by atoms with E-state index in [1.54, 1.807) is 38.3 Å². The lowest BCUT2D eigenvalue weighted by Gasteiger charge is -2.09. The van der Waals surface area contributed by atoms with E-state index < -0.39 is 24.5 Å². The smallest absolute Gasteiger partial charge is 0.341 e. The summed E-state index contributed by atoms with van der Waals surface area (Å²) in [5.41, 5.74) is 1.39. The number of carbonyl (C=O) groups excluding carboxylic acids is 3. The first kappa shape index (κ1) is 23.6. The molecule has 172 valence electrons. The zero-order valence-electron chi connectivity index (χ0n) is 18.2. The van der Waals surface area contributed by atoms with E-state index in [0.717, 1.165) is 35.5 Å². The van der Waals surface area contributed by atoms with Gasteiger partial charge in [-0.15, -0.1) is 11.3 Å². The Hall–Kier alpha value is -3.07. The standard InChI is InChI=1S/C23H27NO7S/c1-3-29-23(27)21-17-6-4-7-18(17)32-22(21)24-19(25)14-31-20(26)8-5-13-30-16-11-9-15(28-2)10-12-16/h9-12H,3-8,13-14H2,1-2H3,(H,24,25). The van der Waals surface area contributed by atoms with E-state index in [4.69, 9.17) is 18.9 Å². The minimum atomic E-state index is -0.488. The average molecular weight is 462 g/mol. The number of hydrogen-bond acceptors (Lipinski definition) is 8. The van der Waals surface area contributed by atoms with Crippen LogP contribution in [0.2, 0.25) is 0 Å². The lowest BCUT2D eigenvalue weighted by atomic mass is 10.1. The van der Waals surface area contributed by atoms with Gasteiger partial charge < -0.3 is 24.3 Å². The predicted octanol–water partition coefficient (Wildman–Crippen LogP) is 3.76. The fourth-order valence-corrected chi connectivity index (χ4v) is 4.66. The third kappa shape index (κ3) is 6.23. The quantitative estimate of drug-likeness (QED) is 0.402. The number of fused-ring (bicyclic) bond motifs is 1. The average Bonchev–Trinajstić information content (AvgIpc) is 3.36. The van der Waals surface area contributed by atoms with Gasteiger partial charge in [0.15, 0.2) is 6.61 Å². The molecule has 3 rings (SSSR count). The lowest BCUT2D eigenvalue weighted by Crippen LogP contribution is -2.22. The summed E-state index contributed by atoms with van der Waals surface area (Å²) < 4.78 is 20.8. The van der Waals surface area contributed by atoms with Crippen LogP contribution in [0.4, 0.5) is 5.00 Å². The van der Waals surface area contributed by atoms with Crippen LogP contribution in [-0.2, 0) is 31.9 Å². The highest BCUT2D eigenvalue weighted by Crippen LogP contribution is 2.39. The third-order valence-corrected chi connectivity index (χ3v) is 6.08. The number of esters is 2. The molecule has 1 amide bonds. The summed E-state index contributed by atoms with van der Waals surface area (Å²) in [4.78, 5) is 37.6. The summed E-state index contributed by atoms with van der Waals surface area (Å²) in [7, 11) is 1.59. The lowest BCUT2D eigenvalue weighted by molar-refractivity contribution is -0.147. The molecule has 0 aliphatic heterocycles. The molecule has 1 N–H and O–H groups in total. The Morgan fingerprint density at radius 2 is 1.81 bits per heavy atom. The van der Waals surface area contributed by atoms with Crippen molar-refractivity contribution >= 4 is 34.2 Å². The van der Waals surface area contributed by atoms with Gasteiger partial charge in [-0.2, -0.15) is 0 Å². The molecule has 1 aliphatic carbocycles. The maximum atomic E-state index is 12.3. The van der Waals surface area contributed by atoms with Gasteiger partial charge in [0, 0.05) is 11.3 Å². The number of rotatable bonds is 11. The van der Waals surface area contributed by atoms with E-state index >= 15 is 0 Å². The zero-order chi connectivity index (χ0) is 22.9. The summed E-state index contributed by atoms with van der Waals surface area (Å²) in [6.45, 7) is 1.93. The van der Waals surface area contributed by atoms with E-state index in [9.17, 15) is 14.4 Å². The van der Waals surface area contributed by atoms with Gasteiger partial charge in [-0.3, -0.25) is 9.59 Å². The first-order chi connectivity index (χ1) is 15.5. The van der Waals surface area contributed by atoms with E-state index in [1.165, 1.54) is 11.3 Å². The van der Waals surface area contributed by atoms with E-state index in [1.807, 2.05) is 0 Å². The Labute approximate surface area is 190 Å². The minimum Gasteiger partial charge on any atom is -0.497 e. The van der Waals surface area contributed by atoms with Crippen LogP contribution in [0.3, 0.4) is 0 Å². The molecule has 0 saturated carbocycles. The highest BCUT2D eigenvalue weighted by Gasteiger charge is 2.28. The van der Waals surface area contributed by atoms with Crippen LogP contribution >= 0.6 is 11.3 Å². The molecule has 1 aromatic heterocycles.